The van der Waals surface area contributed by atoms with E-state index in [1.807, 2.05) is 0 Å². The van der Waals surface area contributed by atoms with Crippen molar-refractivity contribution in [3.05, 3.63) is 30.0 Å². The first kappa shape index (κ1) is 26.2. The molecule has 0 fully saturated rings. The van der Waals surface area contributed by atoms with Gasteiger partial charge in [-0.3, -0.25) is 4.79 Å². The van der Waals surface area contributed by atoms with Gasteiger partial charge < -0.3 is 5.11 Å². The van der Waals surface area contributed by atoms with Crippen LogP contribution in [0.3, 0.4) is 0 Å². The molecule has 0 saturated heterocycles. The van der Waals surface area contributed by atoms with Crippen LogP contribution in [-0.2, 0) is 19.9 Å². The number of sulfone groups is 1. The molecule has 3 N–H and O–H groups in total. The van der Waals surface area contributed by atoms with Crippen molar-refractivity contribution >= 4 is 86.1 Å². The molecular formula is C11H13Br2N3O7S4. The van der Waals surface area contributed by atoms with Gasteiger partial charge in [0.15, 0.2) is 29.1 Å². The van der Waals surface area contributed by atoms with Gasteiger partial charge in [-0.1, -0.05) is 0 Å². The second-order valence-electron chi connectivity index (χ2n) is 4.60. The highest BCUT2D eigenvalue weighted by Gasteiger charge is 2.15. The van der Waals surface area contributed by atoms with Crippen molar-refractivity contribution in [2.24, 2.45) is 5.14 Å². The number of halogens is 2. The van der Waals surface area contributed by atoms with Crippen LogP contribution in [0, 0.1) is 0 Å². The van der Waals surface area contributed by atoms with Crippen molar-refractivity contribution < 1.29 is 31.5 Å². The Hall–Kier alpha value is -0.780. The zero-order valence-corrected chi connectivity index (χ0v) is 20.1. The molecule has 0 radical (unpaired) electrons. The Morgan fingerprint density at radius 1 is 1.04 bits per heavy atom. The number of nitrogens with two attached hydrogens (primary N) is 1. The summed E-state index contributed by atoms with van der Waals surface area (Å²) >= 11 is 8.64. The number of hydrogen-bond acceptors (Lipinski definition) is 10. The first-order valence-electron chi connectivity index (χ1n) is 6.22. The summed E-state index contributed by atoms with van der Waals surface area (Å²) in [5.41, 5.74) is 0.286. The zero-order valence-electron chi connectivity index (χ0n) is 13.6. The summed E-state index contributed by atoms with van der Waals surface area (Å²) in [5, 5.41) is 15.7. The van der Waals surface area contributed by atoms with Gasteiger partial charge in [-0.2, -0.15) is 0 Å². The van der Waals surface area contributed by atoms with E-state index in [4.69, 9.17) is 5.11 Å². The fourth-order valence-corrected chi connectivity index (χ4v) is 3.67. The molecule has 0 saturated carbocycles. The number of nitrogens with zero attached hydrogens (tertiary/aromatic N) is 2. The minimum Gasteiger partial charge on any atom is -0.476 e. The molecule has 152 valence electrons. The van der Waals surface area contributed by atoms with Gasteiger partial charge in [-0.05, 0) is 31.9 Å². The number of rotatable bonds is 4. The number of aromatic carboxylic acids is 1. The number of carbonyl (C=O) groups is 2. The summed E-state index contributed by atoms with van der Waals surface area (Å²) in [5.74, 6) is -1.94. The maximum Gasteiger partial charge on any atom is 0.355 e. The number of ketones is 1. The summed E-state index contributed by atoms with van der Waals surface area (Å²) in [6.07, 6.45) is 1.96. The highest BCUT2D eigenvalue weighted by atomic mass is 79.9. The van der Waals surface area contributed by atoms with E-state index in [0.29, 0.717) is 7.83 Å². The molecular weight excluding hydrogens is 574 g/mol. The number of carboxylic acids is 1. The first-order valence-corrected chi connectivity index (χ1v) is 13.6. The Morgan fingerprint density at radius 2 is 1.41 bits per heavy atom. The highest BCUT2D eigenvalue weighted by molar-refractivity contribution is 9.11. The number of primary sulfonamides is 1. The molecule has 2 heterocycles. The summed E-state index contributed by atoms with van der Waals surface area (Å²) < 4.78 is 41.5. The van der Waals surface area contributed by atoms with Gasteiger partial charge in [0, 0.05) is 17.0 Å². The molecule has 27 heavy (non-hydrogen) atoms. The third kappa shape index (κ3) is 14.9. The lowest BCUT2D eigenvalue weighted by molar-refractivity contribution is 0.0691. The van der Waals surface area contributed by atoms with Crippen LogP contribution in [0.2, 0.25) is 0 Å². The van der Waals surface area contributed by atoms with Crippen LogP contribution < -0.4 is 5.14 Å². The topological polar surface area (TPSA) is 174 Å². The van der Waals surface area contributed by atoms with E-state index in [0.717, 1.165) is 12.5 Å². The van der Waals surface area contributed by atoms with E-state index in [2.05, 4.69) is 47.0 Å². The Morgan fingerprint density at radius 3 is 1.63 bits per heavy atom. The van der Waals surface area contributed by atoms with Crippen molar-refractivity contribution in [3.63, 3.8) is 0 Å². The second-order valence-corrected chi connectivity index (χ2v) is 12.7. The molecule has 0 atom stereocenters. The van der Waals surface area contributed by atoms with E-state index in [1.165, 1.54) is 33.4 Å². The predicted molar refractivity (Wildman–Crippen MR) is 110 cm³/mol. The maximum atomic E-state index is 11.2. The number of aromatic nitrogens is 2. The molecule has 10 nitrogen and oxygen atoms in total. The van der Waals surface area contributed by atoms with Crippen LogP contribution in [0.15, 0.2) is 18.6 Å². The molecule has 0 aliphatic heterocycles. The largest absolute Gasteiger partial charge is 0.476 e. The number of sulfonamides is 1. The van der Waals surface area contributed by atoms with Gasteiger partial charge >= 0.3 is 5.97 Å². The molecule has 0 aromatic carbocycles. The Labute approximate surface area is 180 Å². The molecule has 0 aliphatic rings. The van der Waals surface area contributed by atoms with Crippen LogP contribution in [0.5, 0.6) is 0 Å². The summed E-state index contributed by atoms with van der Waals surface area (Å²) in [6, 6.07) is 0. The van der Waals surface area contributed by atoms with Crippen LogP contribution >= 0.6 is 54.5 Å². The molecule has 2 aromatic rings. The van der Waals surface area contributed by atoms with Gasteiger partial charge in [-0.15, -0.1) is 22.7 Å². The maximum absolute atomic E-state index is 11.2. The highest BCUT2D eigenvalue weighted by Crippen LogP contribution is 2.16. The SMILES string of the molecule is CS(=O)(=O)CC(=O)c1csc(Br)n1.CS(N)(=O)=O.O=C(O)c1csc(Br)n1. The minimum atomic E-state index is -3.26. The predicted octanol–water partition coefficient (Wildman–Crippen LogP) is 1.64. The second kappa shape index (κ2) is 11.3. The number of Topliss-reactive ketones (excluding diaryl/α,β-unsaturated/α-hetero) is 1. The van der Waals surface area contributed by atoms with E-state index in [9.17, 15) is 26.4 Å². The molecule has 0 amide bonds. The number of thiazole rings is 2. The Balaban J connectivity index is 0.000000419. The van der Waals surface area contributed by atoms with E-state index in [-0.39, 0.29) is 11.4 Å². The Bertz CT molecular complexity index is 991. The smallest absolute Gasteiger partial charge is 0.355 e. The molecule has 0 unspecified atom stereocenters. The fraction of sp³-hybridized carbons (Fsp3) is 0.273. The molecule has 0 spiro atoms. The van der Waals surface area contributed by atoms with Crippen molar-refractivity contribution in [1.29, 1.82) is 0 Å². The van der Waals surface area contributed by atoms with E-state index >= 15 is 0 Å². The van der Waals surface area contributed by atoms with Crippen LogP contribution in [0.25, 0.3) is 0 Å². The normalized spacial score (nSPS) is 10.9. The average Bonchev–Trinajstić information content (AvgIpc) is 3.04. The lowest BCUT2D eigenvalue weighted by atomic mass is 10.4. The first-order chi connectivity index (χ1) is 12.1. The minimum absolute atomic E-state index is 0.0897. The third-order valence-corrected chi connectivity index (χ3v) is 5.37. The summed E-state index contributed by atoms with van der Waals surface area (Å²) in [4.78, 5) is 28.8. The van der Waals surface area contributed by atoms with Crippen LogP contribution in [0.1, 0.15) is 21.0 Å². The molecule has 2 rings (SSSR count). The van der Waals surface area contributed by atoms with Crippen LogP contribution in [-0.4, -0.2) is 61.9 Å². The van der Waals surface area contributed by atoms with Crippen molar-refractivity contribution in [2.45, 2.75) is 0 Å². The van der Waals surface area contributed by atoms with Gasteiger partial charge in [0.2, 0.25) is 10.0 Å². The fourth-order valence-electron chi connectivity index (χ4n) is 1.04. The molecule has 16 heteroatoms. The number of carbonyl (C=O) groups excluding carboxylic acids is 1. The quantitative estimate of drug-likeness (QED) is 0.504. The molecule has 2 aromatic heterocycles. The van der Waals surface area contributed by atoms with Crippen LogP contribution in [0.4, 0.5) is 0 Å². The van der Waals surface area contributed by atoms with Gasteiger partial charge in [0.25, 0.3) is 0 Å². The van der Waals surface area contributed by atoms with Crippen molar-refractivity contribution in [2.75, 3.05) is 18.3 Å². The standard InChI is InChI=1S/C6H6BrNO3S2.C4H2BrNO2S.CH5NO2S/c1-13(10,11)3-5(9)4-2-12-6(7)8-4;5-4-6-2(1-9-4)3(7)8;1-5(2,3)4/h2H,3H2,1H3;1H,(H,7,8);1H3,(H2,2,3,4). The molecule has 0 bridgehead atoms. The van der Waals surface area contributed by atoms with E-state index < -0.39 is 37.4 Å². The van der Waals surface area contributed by atoms with Gasteiger partial charge in [-0.25, -0.2) is 36.7 Å². The number of carboxylic acid groups (broad SMARTS) is 1. The Kier molecular flexibility index (Phi) is 11.0. The summed E-state index contributed by atoms with van der Waals surface area (Å²) in [6.45, 7) is 0. The molecule has 0 aliphatic carbocycles. The lowest BCUT2D eigenvalue weighted by Gasteiger charge is -1.93. The van der Waals surface area contributed by atoms with Gasteiger partial charge in [0.05, 0.1) is 6.26 Å². The summed E-state index contributed by atoms with van der Waals surface area (Å²) in [7, 11) is -6.43. The van der Waals surface area contributed by atoms with E-state index in [1.54, 1.807) is 0 Å². The average molecular weight is 587 g/mol. The monoisotopic (exact) mass is 585 g/mol. The lowest BCUT2D eigenvalue weighted by Crippen LogP contribution is -2.14. The van der Waals surface area contributed by atoms with Crippen molar-refractivity contribution in [3.8, 4) is 0 Å². The third-order valence-electron chi connectivity index (χ3n) is 1.85. The van der Waals surface area contributed by atoms with Crippen molar-refractivity contribution in [1.82, 2.24) is 9.97 Å². The zero-order chi connectivity index (χ0) is 21.4. The number of hydrogen-bond donors (Lipinski definition) is 2. The van der Waals surface area contributed by atoms with Gasteiger partial charge in [0.1, 0.15) is 11.4 Å².